The molecule has 0 saturated heterocycles. The van der Waals surface area contributed by atoms with E-state index in [9.17, 15) is 5.11 Å². The van der Waals surface area contributed by atoms with Gasteiger partial charge in [-0.3, -0.25) is 4.90 Å². The van der Waals surface area contributed by atoms with Crippen LogP contribution in [0.1, 0.15) is 35.8 Å². The van der Waals surface area contributed by atoms with Gasteiger partial charge in [-0.15, -0.1) is 11.3 Å². The molecule has 0 amide bonds. The van der Waals surface area contributed by atoms with Gasteiger partial charge in [0.2, 0.25) is 0 Å². The molecule has 0 saturated carbocycles. The molecule has 136 valence electrons. The number of nitrogens with zero attached hydrogens (tertiary/aromatic N) is 1. The summed E-state index contributed by atoms with van der Waals surface area (Å²) < 4.78 is 1.39. The maximum atomic E-state index is 10.3. The molecule has 1 aromatic heterocycles. The summed E-state index contributed by atoms with van der Waals surface area (Å²) in [6.07, 6.45) is 5.55. The van der Waals surface area contributed by atoms with Gasteiger partial charge in [-0.05, 0) is 73.4 Å². The molecule has 0 fully saturated rings. The van der Waals surface area contributed by atoms with Crippen LogP contribution in [0.2, 0.25) is 0 Å². The van der Waals surface area contributed by atoms with Crippen molar-refractivity contribution in [2.24, 2.45) is 0 Å². The van der Waals surface area contributed by atoms with Crippen LogP contribution in [0.5, 0.6) is 5.75 Å². The fourth-order valence-electron chi connectivity index (χ4n) is 4.24. The first kappa shape index (κ1) is 17.6. The molecule has 3 aromatic rings. The Morgan fingerprint density at radius 3 is 2.85 bits per heavy atom. The maximum absolute atomic E-state index is 10.3. The van der Waals surface area contributed by atoms with Crippen molar-refractivity contribution in [2.75, 3.05) is 13.1 Å². The fraction of sp³-hybridized carbons (Fsp3) is 0.391. The van der Waals surface area contributed by atoms with Gasteiger partial charge in [-0.1, -0.05) is 37.3 Å². The molecule has 2 aromatic carbocycles. The monoisotopic (exact) mass is 365 g/mol. The quantitative estimate of drug-likeness (QED) is 0.630. The number of rotatable bonds is 6. The zero-order valence-electron chi connectivity index (χ0n) is 15.4. The Morgan fingerprint density at radius 1 is 1.12 bits per heavy atom. The molecule has 26 heavy (non-hydrogen) atoms. The molecule has 2 nitrogen and oxygen atoms in total. The standard InChI is InChI=1S/C23H27NOS/c1-2-13-24(14-12-20-15-18-6-3-4-9-23(18)26-20)19-11-10-17-7-5-8-22(25)21(17)16-19/h3-9,15,19,25H,2,10-14,16H2,1H3. The lowest BCUT2D eigenvalue weighted by molar-refractivity contribution is 0.181. The van der Waals surface area contributed by atoms with Gasteiger partial charge in [-0.25, -0.2) is 0 Å². The second kappa shape index (κ2) is 7.81. The molecule has 4 rings (SSSR count). The third-order valence-corrected chi connectivity index (χ3v) is 6.76. The largest absolute Gasteiger partial charge is 0.508 e. The highest BCUT2D eigenvalue weighted by Crippen LogP contribution is 2.31. The Bertz CT molecular complexity index is 852. The van der Waals surface area contributed by atoms with Gasteiger partial charge >= 0.3 is 0 Å². The minimum Gasteiger partial charge on any atom is -0.508 e. The second-order valence-corrected chi connectivity index (χ2v) is 8.52. The average molecular weight is 366 g/mol. The highest BCUT2D eigenvalue weighted by Gasteiger charge is 2.25. The van der Waals surface area contributed by atoms with Crippen LogP contribution in [0.15, 0.2) is 48.5 Å². The third-order valence-electron chi connectivity index (χ3n) is 5.58. The van der Waals surface area contributed by atoms with Crippen molar-refractivity contribution in [1.82, 2.24) is 4.90 Å². The summed E-state index contributed by atoms with van der Waals surface area (Å²) in [7, 11) is 0. The lowest BCUT2D eigenvalue weighted by Crippen LogP contribution is -2.41. The molecule has 1 aliphatic rings. The Hall–Kier alpha value is -1.84. The summed E-state index contributed by atoms with van der Waals surface area (Å²) in [4.78, 5) is 4.13. The number of fused-ring (bicyclic) bond motifs is 2. The Kier molecular flexibility index (Phi) is 5.28. The van der Waals surface area contributed by atoms with E-state index in [4.69, 9.17) is 0 Å². The van der Waals surface area contributed by atoms with Crippen molar-refractivity contribution in [3.8, 4) is 5.75 Å². The summed E-state index contributed by atoms with van der Waals surface area (Å²) >= 11 is 1.93. The topological polar surface area (TPSA) is 23.5 Å². The van der Waals surface area contributed by atoms with Gasteiger partial charge in [0.05, 0.1) is 0 Å². The zero-order valence-corrected chi connectivity index (χ0v) is 16.3. The Balaban J connectivity index is 1.46. The number of phenols is 1. The summed E-state index contributed by atoms with van der Waals surface area (Å²) in [5, 5.41) is 11.6. The SMILES string of the molecule is CCCN(CCc1cc2ccccc2s1)C1CCc2cccc(O)c2C1. The number of hydrogen-bond acceptors (Lipinski definition) is 3. The lowest BCUT2D eigenvalue weighted by atomic mass is 9.86. The molecule has 1 N–H and O–H groups in total. The maximum Gasteiger partial charge on any atom is 0.119 e. The predicted octanol–water partition coefficient (Wildman–Crippen LogP) is 5.42. The fourth-order valence-corrected chi connectivity index (χ4v) is 5.29. The molecular formula is C23H27NOS. The number of thiophene rings is 1. The number of aryl methyl sites for hydroxylation is 1. The first-order valence-electron chi connectivity index (χ1n) is 9.76. The van der Waals surface area contributed by atoms with Gasteiger partial charge in [0, 0.05) is 22.2 Å². The van der Waals surface area contributed by atoms with Gasteiger partial charge in [0.1, 0.15) is 5.75 Å². The molecule has 0 aliphatic heterocycles. The van der Waals surface area contributed by atoms with Crippen molar-refractivity contribution in [2.45, 2.75) is 45.1 Å². The molecule has 0 spiro atoms. The van der Waals surface area contributed by atoms with Gasteiger partial charge in [-0.2, -0.15) is 0 Å². The van der Waals surface area contributed by atoms with E-state index in [-0.39, 0.29) is 0 Å². The second-order valence-electron chi connectivity index (χ2n) is 7.35. The molecule has 3 heteroatoms. The third kappa shape index (κ3) is 3.65. The van der Waals surface area contributed by atoms with E-state index >= 15 is 0 Å². The van der Waals surface area contributed by atoms with E-state index in [2.05, 4.69) is 48.2 Å². The van der Waals surface area contributed by atoms with E-state index in [0.717, 1.165) is 32.4 Å². The smallest absolute Gasteiger partial charge is 0.119 e. The Morgan fingerprint density at radius 2 is 2.00 bits per heavy atom. The normalized spacial score (nSPS) is 16.9. The Labute approximate surface area is 160 Å². The van der Waals surface area contributed by atoms with Crippen LogP contribution in [0.4, 0.5) is 0 Å². The average Bonchev–Trinajstić information content (AvgIpc) is 3.08. The number of hydrogen-bond donors (Lipinski definition) is 1. The van der Waals surface area contributed by atoms with Crippen LogP contribution in [-0.4, -0.2) is 29.1 Å². The highest BCUT2D eigenvalue weighted by atomic mass is 32.1. The van der Waals surface area contributed by atoms with E-state index < -0.39 is 0 Å². The van der Waals surface area contributed by atoms with Crippen LogP contribution < -0.4 is 0 Å². The molecule has 1 atom stereocenters. The highest BCUT2D eigenvalue weighted by molar-refractivity contribution is 7.19. The van der Waals surface area contributed by atoms with Crippen molar-refractivity contribution >= 4 is 21.4 Å². The molecule has 0 bridgehead atoms. The van der Waals surface area contributed by atoms with Gasteiger partial charge in [0.25, 0.3) is 0 Å². The minimum atomic E-state index is 0.480. The van der Waals surface area contributed by atoms with Gasteiger partial charge < -0.3 is 5.11 Å². The summed E-state index contributed by atoms with van der Waals surface area (Å²) in [5.41, 5.74) is 2.51. The van der Waals surface area contributed by atoms with Crippen molar-refractivity contribution in [3.05, 3.63) is 64.5 Å². The minimum absolute atomic E-state index is 0.480. The number of benzene rings is 2. The zero-order chi connectivity index (χ0) is 17.9. The number of phenolic OH excluding ortho intramolecular Hbond substituents is 1. The summed E-state index contributed by atoms with van der Waals surface area (Å²) in [6.45, 7) is 4.51. The molecule has 0 radical (unpaired) electrons. The summed E-state index contributed by atoms with van der Waals surface area (Å²) in [5.74, 6) is 0.480. The van der Waals surface area contributed by atoms with E-state index in [1.807, 2.05) is 23.5 Å². The van der Waals surface area contributed by atoms with Crippen LogP contribution in [0, 0.1) is 0 Å². The van der Waals surface area contributed by atoms with Crippen molar-refractivity contribution in [1.29, 1.82) is 0 Å². The van der Waals surface area contributed by atoms with Crippen molar-refractivity contribution < 1.29 is 5.11 Å². The summed E-state index contributed by atoms with van der Waals surface area (Å²) in [6, 6.07) is 17.5. The van der Waals surface area contributed by atoms with Gasteiger partial charge in [0.15, 0.2) is 0 Å². The van der Waals surface area contributed by atoms with Crippen LogP contribution in [0.3, 0.4) is 0 Å². The molecular weight excluding hydrogens is 338 g/mol. The van der Waals surface area contributed by atoms with Crippen molar-refractivity contribution in [3.63, 3.8) is 0 Å². The van der Waals surface area contributed by atoms with E-state index in [1.165, 1.54) is 38.9 Å². The van der Waals surface area contributed by atoms with Crippen LogP contribution in [0.25, 0.3) is 10.1 Å². The first-order chi connectivity index (χ1) is 12.7. The van der Waals surface area contributed by atoms with Crippen LogP contribution in [-0.2, 0) is 19.3 Å². The number of aromatic hydroxyl groups is 1. The molecule has 1 aliphatic carbocycles. The lowest BCUT2D eigenvalue weighted by Gasteiger charge is -2.35. The van der Waals surface area contributed by atoms with E-state index in [1.54, 1.807) is 0 Å². The first-order valence-corrected chi connectivity index (χ1v) is 10.6. The molecule has 1 unspecified atom stereocenters. The predicted molar refractivity (Wildman–Crippen MR) is 111 cm³/mol. The van der Waals surface area contributed by atoms with E-state index in [0.29, 0.717) is 11.8 Å². The van der Waals surface area contributed by atoms with Crippen LogP contribution >= 0.6 is 11.3 Å². The molecule has 1 heterocycles.